The number of hydrogen-bond donors (Lipinski definition) is 1. The normalized spacial score (nSPS) is 29.6. The summed E-state index contributed by atoms with van der Waals surface area (Å²) in [4.78, 5) is 14.3. The maximum absolute atomic E-state index is 12.4. The summed E-state index contributed by atoms with van der Waals surface area (Å²) < 4.78 is 5.97. The summed E-state index contributed by atoms with van der Waals surface area (Å²) in [5, 5.41) is 7.85. The van der Waals surface area contributed by atoms with E-state index >= 15 is 0 Å². The Hall–Kier alpha value is -0.720. The molecule has 1 aromatic rings. The third-order valence-corrected chi connectivity index (χ3v) is 6.07. The van der Waals surface area contributed by atoms with Crippen LogP contribution in [0.15, 0.2) is 16.8 Å². The predicted octanol–water partition coefficient (Wildman–Crippen LogP) is 3.12. The lowest BCUT2D eigenvalue weighted by molar-refractivity contribution is -0.0654. The number of nitrogens with zero attached hydrogens (tertiary/aromatic N) is 1. The van der Waals surface area contributed by atoms with E-state index < -0.39 is 0 Å². The molecule has 2 saturated heterocycles. The molecule has 0 aromatic carbocycles. The average molecular weight is 326 g/mol. The highest BCUT2D eigenvalue weighted by Gasteiger charge is 2.30. The van der Waals surface area contributed by atoms with Gasteiger partial charge >= 0.3 is 6.03 Å². The molecule has 1 aromatic heterocycles. The van der Waals surface area contributed by atoms with Gasteiger partial charge in [0, 0.05) is 18.3 Å². The highest BCUT2D eigenvalue weighted by molar-refractivity contribution is 8.00. The highest BCUT2D eigenvalue weighted by atomic mass is 32.2. The van der Waals surface area contributed by atoms with Crippen LogP contribution in [-0.4, -0.2) is 47.7 Å². The number of thioether (sulfide) groups is 1. The molecular formula is C15H22N2O2S2. The van der Waals surface area contributed by atoms with Crippen LogP contribution in [0.1, 0.15) is 31.4 Å². The highest BCUT2D eigenvalue weighted by Crippen LogP contribution is 2.27. The quantitative estimate of drug-likeness (QED) is 0.928. The molecule has 0 bridgehead atoms. The van der Waals surface area contributed by atoms with Gasteiger partial charge in [0.15, 0.2) is 0 Å². The van der Waals surface area contributed by atoms with Gasteiger partial charge in [-0.15, -0.1) is 0 Å². The van der Waals surface area contributed by atoms with Crippen molar-refractivity contribution in [3.63, 3.8) is 0 Å². The third kappa shape index (κ3) is 3.93. The number of thiophene rings is 1. The molecule has 0 spiro atoms. The van der Waals surface area contributed by atoms with Gasteiger partial charge in [0.2, 0.25) is 0 Å². The Balaban J connectivity index is 1.54. The summed E-state index contributed by atoms with van der Waals surface area (Å²) in [5.41, 5.74) is 1.18. The summed E-state index contributed by atoms with van der Waals surface area (Å²) in [5.74, 6) is 1.23. The lowest BCUT2D eigenvalue weighted by Crippen LogP contribution is -2.50. The van der Waals surface area contributed by atoms with Crippen LogP contribution in [0, 0.1) is 0 Å². The van der Waals surface area contributed by atoms with E-state index in [2.05, 4.69) is 22.1 Å². The number of carbonyl (C=O) groups excluding carboxylic acids is 1. The molecule has 0 aliphatic carbocycles. The van der Waals surface area contributed by atoms with Crippen molar-refractivity contribution < 1.29 is 9.53 Å². The van der Waals surface area contributed by atoms with Gasteiger partial charge in [-0.05, 0) is 47.9 Å². The second-order valence-electron chi connectivity index (χ2n) is 5.72. The fourth-order valence-electron chi connectivity index (χ4n) is 2.88. The van der Waals surface area contributed by atoms with E-state index in [1.165, 1.54) is 24.2 Å². The smallest absolute Gasteiger partial charge is 0.317 e. The summed E-state index contributed by atoms with van der Waals surface area (Å²) >= 11 is 3.64. The zero-order valence-corrected chi connectivity index (χ0v) is 13.9. The van der Waals surface area contributed by atoms with Crippen LogP contribution in [-0.2, 0) is 4.74 Å². The van der Waals surface area contributed by atoms with Gasteiger partial charge in [-0.1, -0.05) is 0 Å². The first-order valence-electron chi connectivity index (χ1n) is 7.54. The first kappa shape index (κ1) is 15.2. The fourth-order valence-corrected chi connectivity index (χ4v) is 4.78. The van der Waals surface area contributed by atoms with Gasteiger partial charge < -0.3 is 15.0 Å². The van der Waals surface area contributed by atoms with Gasteiger partial charge in [-0.2, -0.15) is 23.1 Å². The number of urea groups is 1. The number of ether oxygens (including phenoxy) is 1. The Kier molecular flexibility index (Phi) is 5.08. The first-order valence-corrected chi connectivity index (χ1v) is 9.53. The van der Waals surface area contributed by atoms with Crippen molar-refractivity contribution in [3.05, 3.63) is 22.4 Å². The van der Waals surface area contributed by atoms with Crippen molar-refractivity contribution in [2.24, 2.45) is 0 Å². The number of nitrogens with one attached hydrogen (secondary N) is 1. The Morgan fingerprint density at radius 3 is 3.14 bits per heavy atom. The molecule has 1 N–H and O–H groups in total. The molecule has 0 radical (unpaired) electrons. The van der Waals surface area contributed by atoms with Crippen molar-refractivity contribution in [2.75, 3.05) is 25.4 Å². The lowest BCUT2D eigenvalue weighted by Gasteiger charge is -2.36. The lowest BCUT2D eigenvalue weighted by atomic mass is 10.1. The Bertz CT molecular complexity index is 460. The standard InChI is InChI=1S/C15H22N2O2S2/c1-11-8-17(9-14(19-11)12-4-6-20-10-12)15(18)16-7-13-3-2-5-21-13/h4,6,10-11,13-14H,2-3,5,7-9H2,1H3,(H,16,18). The van der Waals surface area contributed by atoms with Crippen LogP contribution in [0.2, 0.25) is 0 Å². The van der Waals surface area contributed by atoms with Crippen molar-refractivity contribution in [3.8, 4) is 0 Å². The summed E-state index contributed by atoms with van der Waals surface area (Å²) in [7, 11) is 0. The van der Waals surface area contributed by atoms with Crippen LogP contribution in [0.25, 0.3) is 0 Å². The summed E-state index contributed by atoms with van der Waals surface area (Å²) in [6.07, 6.45) is 2.59. The SMILES string of the molecule is CC1CN(C(=O)NCC2CCCS2)CC(c2ccsc2)O1. The van der Waals surface area contributed by atoms with E-state index in [9.17, 15) is 4.79 Å². The van der Waals surface area contributed by atoms with Crippen LogP contribution in [0.3, 0.4) is 0 Å². The number of hydrogen-bond acceptors (Lipinski definition) is 4. The van der Waals surface area contributed by atoms with E-state index in [1.807, 2.05) is 23.6 Å². The predicted molar refractivity (Wildman–Crippen MR) is 88.1 cm³/mol. The molecule has 21 heavy (non-hydrogen) atoms. The number of carbonyl (C=O) groups is 1. The first-order chi connectivity index (χ1) is 10.2. The zero-order chi connectivity index (χ0) is 14.7. The zero-order valence-electron chi connectivity index (χ0n) is 12.3. The van der Waals surface area contributed by atoms with Gasteiger partial charge in [0.25, 0.3) is 0 Å². The van der Waals surface area contributed by atoms with Gasteiger partial charge in [-0.25, -0.2) is 4.79 Å². The number of morpholine rings is 1. The average Bonchev–Trinajstić information content (AvgIpc) is 3.17. The molecule has 116 valence electrons. The minimum atomic E-state index is 0.00612. The molecule has 6 heteroatoms. The molecule has 3 unspecified atom stereocenters. The topological polar surface area (TPSA) is 41.6 Å². The molecular weight excluding hydrogens is 304 g/mol. The van der Waals surface area contributed by atoms with Gasteiger partial charge in [0.1, 0.15) is 6.10 Å². The van der Waals surface area contributed by atoms with Crippen molar-refractivity contribution in [1.82, 2.24) is 10.2 Å². The molecule has 4 nitrogen and oxygen atoms in total. The van der Waals surface area contributed by atoms with E-state index in [-0.39, 0.29) is 18.2 Å². The second-order valence-corrected chi connectivity index (χ2v) is 7.91. The Morgan fingerprint density at radius 1 is 1.52 bits per heavy atom. The van der Waals surface area contributed by atoms with Gasteiger partial charge in [-0.3, -0.25) is 0 Å². The monoisotopic (exact) mass is 326 g/mol. The molecule has 0 saturated carbocycles. The molecule has 2 fully saturated rings. The third-order valence-electron chi connectivity index (χ3n) is 3.97. The largest absolute Gasteiger partial charge is 0.367 e. The Labute approximate surface area is 134 Å². The second kappa shape index (κ2) is 7.03. The van der Waals surface area contributed by atoms with Crippen molar-refractivity contribution in [1.29, 1.82) is 0 Å². The minimum absolute atomic E-state index is 0.00612. The maximum atomic E-state index is 12.4. The minimum Gasteiger partial charge on any atom is -0.367 e. The van der Waals surface area contributed by atoms with Crippen molar-refractivity contribution in [2.45, 2.75) is 37.2 Å². The number of amides is 2. The summed E-state index contributed by atoms with van der Waals surface area (Å²) in [6, 6.07) is 2.14. The van der Waals surface area contributed by atoms with E-state index in [0.717, 1.165) is 6.54 Å². The number of rotatable bonds is 3. The van der Waals surface area contributed by atoms with Crippen LogP contribution < -0.4 is 5.32 Å². The molecule has 3 atom stereocenters. The molecule has 3 rings (SSSR count). The Morgan fingerprint density at radius 2 is 2.43 bits per heavy atom. The van der Waals surface area contributed by atoms with Gasteiger partial charge in [0.05, 0.1) is 12.6 Å². The fraction of sp³-hybridized carbons (Fsp3) is 0.667. The van der Waals surface area contributed by atoms with Crippen LogP contribution >= 0.6 is 23.1 Å². The maximum Gasteiger partial charge on any atom is 0.317 e. The molecule has 2 aliphatic heterocycles. The van der Waals surface area contributed by atoms with Crippen molar-refractivity contribution >= 4 is 29.1 Å². The summed E-state index contributed by atoms with van der Waals surface area (Å²) in [6.45, 7) is 4.14. The molecule has 3 heterocycles. The van der Waals surface area contributed by atoms with E-state index in [1.54, 1.807) is 11.3 Å². The molecule has 2 aliphatic rings. The molecule has 2 amide bonds. The van der Waals surface area contributed by atoms with E-state index in [0.29, 0.717) is 18.3 Å². The van der Waals surface area contributed by atoms with Crippen LogP contribution in [0.4, 0.5) is 4.79 Å². The van der Waals surface area contributed by atoms with E-state index in [4.69, 9.17) is 4.74 Å². The van der Waals surface area contributed by atoms with Crippen LogP contribution in [0.5, 0.6) is 0 Å².